The van der Waals surface area contributed by atoms with Gasteiger partial charge in [-0.05, 0) is 37.8 Å². The Morgan fingerprint density at radius 1 is 1.39 bits per heavy atom. The van der Waals surface area contributed by atoms with Crippen LogP contribution in [0.3, 0.4) is 0 Å². The molecule has 1 aromatic rings. The van der Waals surface area contributed by atoms with E-state index in [0.717, 1.165) is 30.5 Å². The van der Waals surface area contributed by atoms with E-state index in [1.807, 2.05) is 24.3 Å². The standard InChI is InChI=1S/C13H20N2O2S/c1-2-18(16,17)15-12(10-14)8-5-7-11-6-3-4-9-13(11)15/h3-4,6,9,12H,2,5,7-8,10,14H2,1H3. The number of anilines is 1. The maximum absolute atomic E-state index is 12.3. The third-order valence-electron chi connectivity index (χ3n) is 3.48. The summed E-state index contributed by atoms with van der Waals surface area (Å²) in [7, 11) is -3.27. The van der Waals surface area contributed by atoms with Crippen LogP contribution in [0.5, 0.6) is 0 Å². The Hall–Kier alpha value is -1.07. The highest BCUT2D eigenvalue weighted by atomic mass is 32.2. The normalized spacial score (nSPS) is 20.3. The molecular weight excluding hydrogens is 248 g/mol. The largest absolute Gasteiger partial charge is 0.328 e. The molecule has 1 heterocycles. The first-order valence-corrected chi connectivity index (χ1v) is 8.01. The van der Waals surface area contributed by atoms with Crippen molar-refractivity contribution in [3.8, 4) is 0 Å². The van der Waals surface area contributed by atoms with E-state index in [9.17, 15) is 8.42 Å². The van der Waals surface area contributed by atoms with Gasteiger partial charge in [-0.15, -0.1) is 0 Å². The molecule has 0 amide bonds. The lowest BCUT2D eigenvalue weighted by Gasteiger charge is -2.31. The average Bonchev–Trinajstić information content (AvgIpc) is 2.57. The monoisotopic (exact) mass is 268 g/mol. The molecule has 1 aromatic carbocycles. The summed E-state index contributed by atoms with van der Waals surface area (Å²) in [4.78, 5) is 0. The number of benzene rings is 1. The van der Waals surface area contributed by atoms with Gasteiger partial charge in [0.25, 0.3) is 0 Å². The van der Waals surface area contributed by atoms with Crippen molar-refractivity contribution in [1.82, 2.24) is 0 Å². The maximum atomic E-state index is 12.3. The summed E-state index contributed by atoms with van der Waals surface area (Å²) in [5.41, 5.74) is 7.68. The van der Waals surface area contributed by atoms with Crippen molar-refractivity contribution in [1.29, 1.82) is 0 Å². The SMILES string of the molecule is CCS(=O)(=O)N1c2ccccc2CCCC1CN. The van der Waals surface area contributed by atoms with E-state index in [-0.39, 0.29) is 11.8 Å². The Kier molecular flexibility index (Phi) is 3.92. The summed E-state index contributed by atoms with van der Waals surface area (Å²) < 4.78 is 26.2. The van der Waals surface area contributed by atoms with E-state index in [2.05, 4.69) is 0 Å². The van der Waals surface area contributed by atoms with E-state index < -0.39 is 10.0 Å². The first-order chi connectivity index (χ1) is 8.60. The van der Waals surface area contributed by atoms with Gasteiger partial charge in [-0.25, -0.2) is 8.42 Å². The molecule has 1 unspecified atom stereocenters. The molecule has 0 spiro atoms. The summed E-state index contributed by atoms with van der Waals surface area (Å²) in [5.74, 6) is 0.109. The summed E-state index contributed by atoms with van der Waals surface area (Å²) in [6, 6.07) is 7.62. The van der Waals surface area contributed by atoms with Gasteiger partial charge in [0.2, 0.25) is 10.0 Å². The highest BCUT2D eigenvalue weighted by Gasteiger charge is 2.31. The second-order valence-corrected chi connectivity index (χ2v) is 6.74. The number of sulfonamides is 1. The van der Waals surface area contributed by atoms with Gasteiger partial charge < -0.3 is 5.73 Å². The molecule has 0 fully saturated rings. The lowest BCUT2D eigenvalue weighted by molar-refractivity contribution is 0.559. The fraction of sp³-hybridized carbons (Fsp3) is 0.538. The zero-order chi connectivity index (χ0) is 13.2. The Balaban J connectivity index is 2.56. The molecule has 4 nitrogen and oxygen atoms in total. The van der Waals surface area contributed by atoms with Crippen molar-refractivity contribution in [2.45, 2.75) is 32.2 Å². The van der Waals surface area contributed by atoms with E-state index in [4.69, 9.17) is 5.73 Å². The van der Waals surface area contributed by atoms with Gasteiger partial charge in [-0.1, -0.05) is 18.2 Å². The van der Waals surface area contributed by atoms with Gasteiger partial charge in [-0.3, -0.25) is 4.31 Å². The van der Waals surface area contributed by atoms with Crippen LogP contribution in [-0.4, -0.2) is 26.8 Å². The van der Waals surface area contributed by atoms with Crippen LogP contribution in [0.2, 0.25) is 0 Å². The Labute approximate surface area is 109 Å². The second kappa shape index (κ2) is 5.28. The molecule has 18 heavy (non-hydrogen) atoms. The zero-order valence-corrected chi connectivity index (χ0v) is 11.5. The van der Waals surface area contributed by atoms with Gasteiger partial charge >= 0.3 is 0 Å². The predicted octanol–water partition coefficient (Wildman–Crippen LogP) is 1.51. The number of para-hydroxylation sites is 1. The number of aryl methyl sites for hydroxylation is 1. The fourth-order valence-corrected chi connectivity index (χ4v) is 3.91. The van der Waals surface area contributed by atoms with Crippen molar-refractivity contribution in [2.24, 2.45) is 5.73 Å². The molecule has 0 aliphatic carbocycles. The molecule has 5 heteroatoms. The second-order valence-electron chi connectivity index (χ2n) is 4.61. The zero-order valence-electron chi connectivity index (χ0n) is 10.7. The van der Waals surface area contributed by atoms with Crippen LogP contribution < -0.4 is 10.0 Å². The van der Waals surface area contributed by atoms with Crippen LogP contribution in [0.1, 0.15) is 25.3 Å². The molecule has 0 bridgehead atoms. The summed E-state index contributed by atoms with van der Waals surface area (Å²) >= 11 is 0. The third-order valence-corrected chi connectivity index (χ3v) is 5.30. The van der Waals surface area contributed by atoms with Crippen molar-refractivity contribution in [3.63, 3.8) is 0 Å². The number of nitrogens with two attached hydrogens (primary N) is 1. The molecule has 0 aromatic heterocycles. The molecular formula is C13H20N2O2S. The van der Waals surface area contributed by atoms with Crippen LogP contribution in [0.4, 0.5) is 5.69 Å². The number of hydrogen-bond donors (Lipinski definition) is 1. The van der Waals surface area contributed by atoms with Gasteiger partial charge in [0.1, 0.15) is 0 Å². The van der Waals surface area contributed by atoms with E-state index >= 15 is 0 Å². The fourth-order valence-electron chi connectivity index (χ4n) is 2.51. The van der Waals surface area contributed by atoms with Gasteiger partial charge in [0, 0.05) is 6.54 Å². The minimum atomic E-state index is -3.27. The highest BCUT2D eigenvalue weighted by molar-refractivity contribution is 7.92. The summed E-state index contributed by atoms with van der Waals surface area (Å²) in [6.45, 7) is 2.05. The van der Waals surface area contributed by atoms with E-state index in [1.165, 1.54) is 0 Å². The molecule has 1 aliphatic rings. The van der Waals surface area contributed by atoms with Crippen molar-refractivity contribution in [2.75, 3.05) is 16.6 Å². The predicted molar refractivity (Wildman–Crippen MR) is 74.2 cm³/mol. The number of nitrogens with zero attached hydrogens (tertiary/aromatic N) is 1. The Morgan fingerprint density at radius 3 is 2.78 bits per heavy atom. The van der Waals surface area contributed by atoms with Crippen LogP contribution >= 0.6 is 0 Å². The van der Waals surface area contributed by atoms with Gasteiger partial charge in [0.05, 0.1) is 17.5 Å². The Bertz CT molecular complexity index is 513. The molecule has 0 saturated heterocycles. The Morgan fingerprint density at radius 2 is 2.11 bits per heavy atom. The molecule has 1 atom stereocenters. The third kappa shape index (κ3) is 2.37. The molecule has 0 radical (unpaired) electrons. The maximum Gasteiger partial charge on any atom is 0.235 e. The van der Waals surface area contributed by atoms with Crippen LogP contribution in [0.25, 0.3) is 0 Å². The summed E-state index contributed by atoms with van der Waals surface area (Å²) in [6.07, 6.45) is 2.72. The highest BCUT2D eigenvalue weighted by Crippen LogP contribution is 2.31. The smallest absolute Gasteiger partial charge is 0.235 e. The number of fused-ring (bicyclic) bond motifs is 1. The van der Waals surface area contributed by atoms with E-state index in [1.54, 1.807) is 11.2 Å². The van der Waals surface area contributed by atoms with Crippen LogP contribution in [0, 0.1) is 0 Å². The van der Waals surface area contributed by atoms with Crippen LogP contribution in [-0.2, 0) is 16.4 Å². The minimum Gasteiger partial charge on any atom is -0.328 e. The molecule has 1 aliphatic heterocycles. The average molecular weight is 268 g/mol. The van der Waals surface area contributed by atoms with Gasteiger partial charge in [0.15, 0.2) is 0 Å². The van der Waals surface area contributed by atoms with Gasteiger partial charge in [-0.2, -0.15) is 0 Å². The topological polar surface area (TPSA) is 63.4 Å². The first kappa shape index (κ1) is 13.4. The van der Waals surface area contributed by atoms with Crippen molar-refractivity contribution >= 4 is 15.7 Å². The quantitative estimate of drug-likeness (QED) is 0.903. The molecule has 0 saturated carbocycles. The number of hydrogen-bond acceptors (Lipinski definition) is 3. The number of rotatable bonds is 3. The molecule has 2 N–H and O–H groups in total. The van der Waals surface area contributed by atoms with Crippen LogP contribution in [0.15, 0.2) is 24.3 Å². The molecule has 100 valence electrons. The van der Waals surface area contributed by atoms with Crippen molar-refractivity contribution in [3.05, 3.63) is 29.8 Å². The summed E-state index contributed by atoms with van der Waals surface area (Å²) in [5, 5.41) is 0. The first-order valence-electron chi connectivity index (χ1n) is 6.40. The molecule has 2 rings (SSSR count). The van der Waals surface area contributed by atoms with Crippen molar-refractivity contribution < 1.29 is 8.42 Å². The lowest BCUT2D eigenvalue weighted by atomic mass is 10.1. The minimum absolute atomic E-state index is 0.109. The lowest BCUT2D eigenvalue weighted by Crippen LogP contribution is -2.45. The van der Waals surface area contributed by atoms with E-state index in [0.29, 0.717) is 6.54 Å².